The number of fused-ring (bicyclic) bond motifs is 3. The van der Waals surface area contributed by atoms with Crippen molar-refractivity contribution in [3.8, 4) is 11.5 Å². The van der Waals surface area contributed by atoms with Crippen molar-refractivity contribution >= 4 is 5.91 Å². The molecule has 4 heteroatoms. The first-order valence-electron chi connectivity index (χ1n) is 7.53. The van der Waals surface area contributed by atoms with Gasteiger partial charge in [0.1, 0.15) is 0 Å². The van der Waals surface area contributed by atoms with Gasteiger partial charge in [0.15, 0.2) is 11.5 Å². The van der Waals surface area contributed by atoms with E-state index in [0.717, 1.165) is 24.5 Å². The van der Waals surface area contributed by atoms with E-state index in [2.05, 4.69) is 17.0 Å². The van der Waals surface area contributed by atoms with E-state index in [9.17, 15) is 4.79 Å². The summed E-state index contributed by atoms with van der Waals surface area (Å²) in [5, 5.41) is 0. The highest BCUT2D eigenvalue weighted by atomic mass is 16.7. The summed E-state index contributed by atoms with van der Waals surface area (Å²) in [5.41, 5.74) is 2.65. The highest BCUT2D eigenvalue weighted by Crippen LogP contribution is 2.51. The summed E-state index contributed by atoms with van der Waals surface area (Å²) >= 11 is 0. The van der Waals surface area contributed by atoms with Crippen molar-refractivity contribution in [3.05, 3.63) is 23.3 Å². The molecule has 104 valence electrons. The summed E-state index contributed by atoms with van der Waals surface area (Å²) in [6.07, 6.45) is 4.39. The minimum Gasteiger partial charge on any atom is -0.454 e. The molecule has 3 atom stereocenters. The molecule has 1 saturated carbocycles. The molecule has 1 saturated heterocycles. The van der Waals surface area contributed by atoms with Gasteiger partial charge in [-0.3, -0.25) is 4.79 Å². The van der Waals surface area contributed by atoms with E-state index in [1.165, 1.54) is 30.4 Å². The molecule has 4 nitrogen and oxygen atoms in total. The molecule has 1 aliphatic carbocycles. The second-order valence-corrected chi connectivity index (χ2v) is 6.42. The highest BCUT2D eigenvalue weighted by molar-refractivity contribution is 5.80. The fraction of sp³-hybridized carbons (Fsp3) is 0.562. The molecule has 3 aliphatic heterocycles. The molecule has 0 spiro atoms. The lowest BCUT2D eigenvalue weighted by atomic mass is 9.71. The van der Waals surface area contributed by atoms with Gasteiger partial charge in [-0.1, -0.05) is 6.42 Å². The molecule has 1 aromatic rings. The fourth-order valence-electron chi connectivity index (χ4n) is 4.67. The van der Waals surface area contributed by atoms with Crippen LogP contribution < -0.4 is 9.47 Å². The zero-order valence-corrected chi connectivity index (χ0v) is 11.3. The summed E-state index contributed by atoms with van der Waals surface area (Å²) in [6.45, 7) is 1.07. The molecule has 5 rings (SSSR count). The molecule has 0 N–H and O–H groups in total. The van der Waals surface area contributed by atoms with Crippen molar-refractivity contribution in [2.24, 2.45) is 5.92 Å². The monoisotopic (exact) mass is 271 g/mol. The van der Waals surface area contributed by atoms with Crippen LogP contribution in [0.5, 0.6) is 11.5 Å². The maximum atomic E-state index is 12.3. The minimum atomic E-state index is 0.317. The third-order valence-corrected chi connectivity index (χ3v) is 5.48. The topological polar surface area (TPSA) is 38.8 Å². The van der Waals surface area contributed by atoms with Crippen LogP contribution in [0.25, 0.3) is 0 Å². The molecule has 0 radical (unpaired) electrons. The Hall–Kier alpha value is -1.71. The number of carbonyl (C=O) groups is 1. The average Bonchev–Trinajstić information content (AvgIpc) is 3.03. The first kappa shape index (κ1) is 11.0. The third kappa shape index (κ3) is 1.29. The zero-order valence-electron chi connectivity index (χ0n) is 11.3. The van der Waals surface area contributed by atoms with Gasteiger partial charge in [0.25, 0.3) is 0 Å². The summed E-state index contributed by atoms with van der Waals surface area (Å²) in [4.78, 5) is 14.4. The zero-order chi connectivity index (χ0) is 13.3. The maximum absolute atomic E-state index is 12.3. The number of ether oxygens (including phenoxy) is 2. The van der Waals surface area contributed by atoms with Crippen LogP contribution in [-0.4, -0.2) is 23.6 Å². The first-order valence-corrected chi connectivity index (χ1v) is 7.53. The average molecular weight is 271 g/mol. The van der Waals surface area contributed by atoms with Gasteiger partial charge in [0, 0.05) is 24.9 Å². The van der Waals surface area contributed by atoms with Gasteiger partial charge >= 0.3 is 0 Å². The molecule has 4 aliphatic rings. The van der Waals surface area contributed by atoms with Crippen LogP contribution in [0.1, 0.15) is 42.7 Å². The van der Waals surface area contributed by atoms with Gasteiger partial charge in [-0.2, -0.15) is 0 Å². The van der Waals surface area contributed by atoms with Gasteiger partial charge in [0.2, 0.25) is 12.7 Å². The third-order valence-electron chi connectivity index (χ3n) is 5.48. The van der Waals surface area contributed by atoms with E-state index in [-0.39, 0.29) is 0 Å². The van der Waals surface area contributed by atoms with Crippen LogP contribution in [0.4, 0.5) is 0 Å². The summed E-state index contributed by atoms with van der Waals surface area (Å²) < 4.78 is 11.0. The molecule has 20 heavy (non-hydrogen) atoms. The molecule has 3 unspecified atom stereocenters. The van der Waals surface area contributed by atoms with Crippen molar-refractivity contribution in [3.63, 3.8) is 0 Å². The smallest absolute Gasteiger partial charge is 0.231 e. The van der Waals surface area contributed by atoms with Crippen LogP contribution in [0.2, 0.25) is 0 Å². The number of hydrogen-bond donors (Lipinski definition) is 0. The largest absolute Gasteiger partial charge is 0.454 e. The molecule has 1 amide bonds. The van der Waals surface area contributed by atoms with Crippen molar-refractivity contribution in [2.45, 2.75) is 44.2 Å². The van der Waals surface area contributed by atoms with Crippen LogP contribution in [0.3, 0.4) is 0 Å². The van der Waals surface area contributed by atoms with Crippen LogP contribution in [-0.2, 0) is 11.3 Å². The second-order valence-electron chi connectivity index (χ2n) is 6.42. The van der Waals surface area contributed by atoms with E-state index in [1.54, 1.807) is 0 Å². The van der Waals surface area contributed by atoms with Gasteiger partial charge in [-0.05, 0) is 42.0 Å². The van der Waals surface area contributed by atoms with Crippen molar-refractivity contribution < 1.29 is 14.3 Å². The number of carbonyl (C=O) groups excluding carboxylic acids is 1. The molecular formula is C16H17NO3. The lowest BCUT2D eigenvalue weighted by molar-refractivity contribution is -0.130. The first-order chi connectivity index (χ1) is 9.81. The van der Waals surface area contributed by atoms with Gasteiger partial charge in [-0.15, -0.1) is 0 Å². The molecule has 0 bridgehead atoms. The number of hydrogen-bond acceptors (Lipinski definition) is 3. The Kier molecular flexibility index (Phi) is 2.03. The predicted octanol–water partition coefficient (Wildman–Crippen LogP) is 2.41. The van der Waals surface area contributed by atoms with E-state index in [0.29, 0.717) is 30.6 Å². The molecular weight excluding hydrogens is 254 g/mol. The Bertz CT molecular complexity index is 612. The second kappa shape index (κ2) is 3.68. The van der Waals surface area contributed by atoms with Gasteiger partial charge in [-0.25, -0.2) is 0 Å². The van der Waals surface area contributed by atoms with Crippen LogP contribution in [0.15, 0.2) is 12.1 Å². The lowest BCUT2D eigenvalue weighted by Gasteiger charge is -2.43. The van der Waals surface area contributed by atoms with Gasteiger partial charge < -0.3 is 14.4 Å². The Balaban J connectivity index is 1.66. The van der Waals surface area contributed by atoms with Crippen molar-refractivity contribution in [1.29, 1.82) is 0 Å². The Morgan fingerprint density at radius 1 is 1.15 bits per heavy atom. The number of nitrogens with zero attached hydrogens (tertiary/aromatic N) is 1. The van der Waals surface area contributed by atoms with Gasteiger partial charge in [0.05, 0.1) is 0 Å². The normalized spacial score (nSPS) is 33.1. The SMILES string of the molecule is O=C1CC2CCCC3c4cc5c(cc4CN1C23)OCO5. The Morgan fingerprint density at radius 3 is 2.90 bits per heavy atom. The number of rotatable bonds is 0. The quantitative estimate of drug-likeness (QED) is 0.727. The number of benzene rings is 1. The van der Waals surface area contributed by atoms with E-state index in [4.69, 9.17) is 9.47 Å². The van der Waals surface area contributed by atoms with Crippen LogP contribution in [0, 0.1) is 5.92 Å². The van der Waals surface area contributed by atoms with E-state index < -0.39 is 0 Å². The maximum Gasteiger partial charge on any atom is 0.231 e. The van der Waals surface area contributed by atoms with Crippen LogP contribution >= 0.6 is 0 Å². The van der Waals surface area contributed by atoms with Crippen molar-refractivity contribution in [2.75, 3.05) is 6.79 Å². The van der Waals surface area contributed by atoms with E-state index >= 15 is 0 Å². The molecule has 2 fully saturated rings. The van der Waals surface area contributed by atoms with Crippen molar-refractivity contribution in [1.82, 2.24) is 4.90 Å². The standard InChI is InChI=1S/C16H17NO3/c18-15-5-9-2-1-3-11-12-6-14-13(19-8-20-14)4-10(12)7-17(15)16(9)11/h4,6,9,11,16H,1-3,5,7-8H2. The Labute approximate surface area is 117 Å². The fourth-order valence-corrected chi connectivity index (χ4v) is 4.67. The number of amides is 1. The summed E-state index contributed by atoms with van der Waals surface area (Å²) in [5.74, 6) is 3.12. The highest BCUT2D eigenvalue weighted by Gasteiger charge is 2.49. The Morgan fingerprint density at radius 2 is 2.00 bits per heavy atom. The molecule has 1 aromatic carbocycles. The van der Waals surface area contributed by atoms with E-state index in [1.807, 2.05) is 0 Å². The lowest BCUT2D eigenvalue weighted by Crippen LogP contribution is -2.44. The predicted molar refractivity (Wildman–Crippen MR) is 71.6 cm³/mol. The summed E-state index contributed by atoms with van der Waals surface area (Å²) in [7, 11) is 0. The summed E-state index contributed by atoms with van der Waals surface area (Å²) in [6, 6.07) is 4.69. The molecule has 0 aromatic heterocycles. The minimum absolute atomic E-state index is 0.317. The molecule has 3 heterocycles.